The molecule has 1 N–H and O–H groups in total. The number of thiophene rings is 1. The lowest BCUT2D eigenvalue weighted by molar-refractivity contribution is -0.707. The van der Waals surface area contributed by atoms with Crippen molar-refractivity contribution < 1.29 is 8.98 Å². The number of aromatic nitrogens is 1. The summed E-state index contributed by atoms with van der Waals surface area (Å²) in [5.41, 5.74) is 10.8. The number of nitrogens with zero attached hydrogens (tertiary/aromatic N) is 1. The molecule has 0 fully saturated rings. The van der Waals surface area contributed by atoms with Gasteiger partial charge in [-0.2, -0.15) is 4.57 Å². The minimum Gasteiger partial charge on any atom is -0.455 e. The van der Waals surface area contributed by atoms with Crippen LogP contribution in [0.1, 0.15) is 52.4 Å². The van der Waals surface area contributed by atoms with Gasteiger partial charge in [0.1, 0.15) is 11.2 Å². The lowest BCUT2D eigenvalue weighted by Crippen LogP contribution is -2.46. The molecule has 2 atom stereocenters. The van der Waals surface area contributed by atoms with Crippen molar-refractivity contribution in [3.8, 4) is 11.3 Å². The van der Waals surface area contributed by atoms with E-state index in [9.17, 15) is 0 Å². The van der Waals surface area contributed by atoms with Crippen LogP contribution in [0.15, 0.2) is 96.1 Å². The smallest absolute Gasteiger partial charge is 0.213 e. The summed E-state index contributed by atoms with van der Waals surface area (Å²) in [4.78, 5) is 1.30. The molecule has 7 rings (SSSR count). The topological polar surface area (TPSA) is 29.1 Å². The van der Waals surface area contributed by atoms with Gasteiger partial charge in [-0.05, 0) is 81.1 Å². The van der Waals surface area contributed by atoms with E-state index in [1.54, 1.807) is 0 Å². The second-order valence-electron chi connectivity index (χ2n) is 11.2. The average molecular weight is 556 g/mol. The Labute approximate surface area is 245 Å². The van der Waals surface area contributed by atoms with Gasteiger partial charge in [0, 0.05) is 61.2 Å². The molecule has 4 heterocycles. The molecule has 0 saturated carbocycles. The Kier molecular flexibility index (Phi) is 6.32. The third-order valence-corrected chi connectivity index (χ3v) is 9.82. The molecule has 0 bridgehead atoms. The van der Waals surface area contributed by atoms with Crippen molar-refractivity contribution in [1.82, 2.24) is 5.32 Å². The molecule has 204 valence electrons. The van der Waals surface area contributed by atoms with Crippen LogP contribution in [0.3, 0.4) is 0 Å². The minimum absolute atomic E-state index is 0.193. The summed E-state index contributed by atoms with van der Waals surface area (Å²) in [5, 5.41) is 7.02. The number of hydrogen-bond acceptors (Lipinski definition) is 3. The molecule has 3 nitrogen and oxygen atoms in total. The molecule has 3 aromatic heterocycles. The van der Waals surface area contributed by atoms with E-state index >= 15 is 0 Å². The van der Waals surface area contributed by atoms with Gasteiger partial charge in [-0.15, -0.1) is 11.3 Å². The summed E-state index contributed by atoms with van der Waals surface area (Å²) in [6.07, 6.45) is 8.50. The molecule has 0 aliphatic carbocycles. The highest BCUT2D eigenvalue weighted by atomic mass is 32.1. The van der Waals surface area contributed by atoms with E-state index in [4.69, 9.17) is 4.42 Å². The van der Waals surface area contributed by atoms with Gasteiger partial charge in [0.25, 0.3) is 0 Å². The third-order valence-electron chi connectivity index (χ3n) is 8.80. The molecular weight excluding hydrogens is 520 g/mol. The molecule has 2 unspecified atom stereocenters. The van der Waals surface area contributed by atoms with Crippen molar-refractivity contribution in [2.45, 2.75) is 45.6 Å². The lowest BCUT2D eigenvalue weighted by atomic mass is 9.79. The Bertz CT molecular complexity index is 2010. The zero-order valence-electron chi connectivity index (χ0n) is 24.1. The van der Waals surface area contributed by atoms with Crippen LogP contribution in [0.25, 0.3) is 49.0 Å². The van der Waals surface area contributed by atoms with Crippen LogP contribution in [-0.2, 0) is 6.42 Å². The highest BCUT2D eigenvalue weighted by Gasteiger charge is 2.38. The van der Waals surface area contributed by atoms with Crippen molar-refractivity contribution in [2.24, 2.45) is 0 Å². The highest BCUT2D eigenvalue weighted by molar-refractivity contribution is 7.19. The van der Waals surface area contributed by atoms with Gasteiger partial charge in [-0.25, -0.2) is 0 Å². The second kappa shape index (κ2) is 10.0. The van der Waals surface area contributed by atoms with Gasteiger partial charge in [0.05, 0.1) is 5.92 Å². The second-order valence-corrected chi connectivity index (χ2v) is 12.5. The maximum Gasteiger partial charge on any atom is 0.213 e. The predicted octanol–water partition coefficient (Wildman–Crippen LogP) is 9.41. The van der Waals surface area contributed by atoms with Crippen LogP contribution in [0.4, 0.5) is 0 Å². The number of furan rings is 1. The van der Waals surface area contributed by atoms with Gasteiger partial charge in [-0.3, -0.25) is 0 Å². The number of benzene rings is 3. The zero-order chi connectivity index (χ0) is 28.2. The van der Waals surface area contributed by atoms with Crippen molar-refractivity contribution in [2.75, 3.05) is 7.05 Å². The van der Waals surface area contributed by atoms with Gasteiger partial charge in [0.15, 0.2) is 12.2 Å². The van der Waals surface area contributed by atoms with E-state index < -0.39 is 0 Å². The minimum atomic E-state index is 0.193. The maximum atomic E-state index is 6.79. The molecule has 0 spiro atoms. The van der Waals surface area contributed by atoms with E-state index in [1.807, 2.05) is 18.4 Å². The van der Waals surface area contributed by atoms with Gasteiger partial charge < -0.3 is 9.73 Å². The van der Waals surface area contributed by atoms with Crippen molar-refractivity contribution in [3.05, 3.63) is 119 Å². The van der Waals surface area contributed by atoms with E-state index in [-0.39, 0.29) is 6.04 Å². The van der Waals surface area contributed by atoms with Crippen molar-refractivity contribution in [1.29, 1.82) is 0 Å². The van der Waals surface area contributed by atoms with E-state index in [1.165, 1.54) is 59.2 Å². The van der Waals surface area contributed by atoms with E-state index in [2.05, 4.69) is 122 Å². The van der Waals surface area contributed by atoms with Crippen molar-refractivity contribution >= 4 is 49.1 Å². The van der Waals surface area contributed by atoms with Gasteiger partial charge >= 0.3 is 0 Å². The lowest BCUT2D eigenvalue weighted by Gasteiger charge is -2.29. The Morgan fingerprint density at radius 3 is 2.61 bits per heavy atom. The summed E-state index contributed by atoms with van der Waals surface area (Å²) >= 11 is 1.82. The number of pyridine rings is 1. The molecular formula is C37H35N2OS+. The standard InChI is InChI=1S/C37H35N2OS/c1-6-31(38-5)35-24(14-16-29-28-17-19-34-30(20-23(4)41-34)36(28)40-37(29)35)13-15-27-25-10-8-9-11-26(25)33-18-12-22(3)21-39(33)32(27)7-2/h6-12,14,16-21,27,32,38H,2,13,15H2,1,3-5H3/q+1/b31-6-. The normalized spacial score (nSPS) is 16.7. The summed E-state index contributed by atoms with van der Waals surface area (Å²) in [6.45, 7) is 10.7. The fourth-order valence-electron chi connectivity index (χ4n) is 6.95. The molecule has 0 saturated heterocycles. The molecule has 3 aromatic carbocycles. The van der Waals surface area contributed by atoms with E-state index in [0.29, 0.717) is 5.92 Å². The summed E-state index contributed by atoms with van der Waals surface area (Å²) < 4.78 is 10.5. The van der Waals surface area contributed by atoms with Crippen LogP contribution in [0.2, 0.25) is 0 Å². The van der Waals surface area contributed by atoms with Gasteiger partial charge in [0.2, 0.25) is 5.69 Å². The number of aryl methyl sites for hydroxylation is 3. The first-order chi connectivity index (χ1) is 20.0. The average Bonchev–Trinajstić information content (AvgIpc) is 3.56. The largest absolute Gasteiger partial charge is 0.455 e. The van der Waals surface area contributed by atoms with Crippen LogP contribution >= 0.6 is 11.3 Å². The van der Waals surface area contributed by atoms with Crippen LogP contribution in [0.5, 0.6) is 0 Å². The SMILES string of the molecule is C=CC1C(CCc2ccc3c(oc4c5cc(C)sc5ccc34)c2/C(=C/C)NC)c2ccccc2-c2ccc(C)c[n+]21. The third kappa shape index (κ3) is 4.04. The first-order valence-corrected chi connectivity index (χ1v) is 15.3. The number of hydrogen-bond donors (Lipinski definition) is 1. The summed E-state index contributed by atoms with van der Waals surface area (Å²) in [7, 11) is 2.00. The number of fused-ring (bicyclic) bond motifs is 8. The zero-order valence-corrected chi connectivity index (χ0v) is 24.9. The molecule has 41 heavy (non-hydrogen) atoms. The van der Waals surface area contributed by atoms with Gasteiger partial charge in [-0.1, -0.05) is 43.0 Å². The van der Waals surface area contributed by atoms with Crippen LogP contribution < -0.4 is 9.88 Å². The summed E-state index contributed by atoms with van der Waals surface area (Å²) in [5.74, 6) is 0.319. The van der Waals surface area contributed by atoms with Crippen molar-refractivity contribution in [3.63, 3.8) is 0 Å². The fourth-order valence-corrected chi connectivity index (χ4v) is 7.87. The Balaban J connectivity index is 1.36. The molecule has 4 heteroatoms. The Hall–Kier alpha value is -4.15. The van der Waals surface area contributed by atoms with Crippen LogP contribution in [0, 0.1) is 13.8 Å². The Morgan fingerprint density at radius 1 is 1.00 bits per heavy atom. The first kappa shape index (κ1) is 25.8. The quantitative estimate of drug-likeness (QED) is 0.164. The highest BCUT2D eigenvalue weighted by Crippen LogP contribution is 2.43. The molecule has 1 aliphatic heterocycles. The first-order valence-electron chi connectivity index (χ1n) is 14.5. The number of rotatable bonds is 6. The number of allylic oxidation sites excluding steroid dienone is 2. The monoisotopic (exact) mass is 555 g/mol. The van der Waals surface area contributed by atoms with Crippen LogP contribution in [-0.4, -0.2) is 7.05 Å². The maximum absolute atomic E-state index is 6.79. The van der Waals surface area contributed by atoms with E-state index in [0.717, 1.165) is 29.7 Å². The number of nitrogens with one attached hydrogen (secondary N) is 1. The Morgan fingerprint density at radius 2 is 1.80 bits per heavy atom. The predicted molar refractivity (Wildman–Crippen MR) is 174 cm³/mol. The fraction of sp³-hybridized carbons (Fsp3) is 0.216. The summed E-state index contributed by atoms with van der Waals surface area (Å²) in [6, 6.07) is 24.9. The molecule has 0 radical (unpaired) electrons. The molecule has 0 amide bonds. The molecule has 1 aliphatic rings. The molecule has 6 aromatic rings.